The van der Waals surface area contributed by atoms with Crippen LogP contribution in [-0.2, 0) is 27.3 Å². The zero-order valence-electron chi connectivity index (χ0n) is 17.6. The number of carbonyl (C=O) groups excluding carboxylic acids is 2. The number of ether oxygens (including phenoxy) is 2. The molecule has 160 valence electrons. The molecule has 0 unspecified atom stereocenters. The monoisotopic (exact) mass is 421 g/mol. The number of anilines is 1. The molecule has 2 aromatic heterocycles. The van der Waals surface area contributed by atoms with Crippen molar-refractivity contribution in [2.45, 2.75) is 26.8 Å². The first-order chi connectivity index (χ1) is 14.9. The molecule has 0 atom stereocenters. The van der Waals surface area contributed by atoms with Crippen LogP contribution in [0.25, 0.3) is 0 Å². The summed E-state index contributed by atoms with van der Waals surface area (Å²) in [5.74, 6) is 0.594. The molecule has 0 saturated carbocycles. The Labute approximate surface area is 180 Å². The average molecular weight is 421 g/mol. The first-order valence-electron chi connectivity index (χ1n) is 9.63. The summed E-state index contributed by atoms with van der Waals surface area (Å²) in [6, 6.07) is 12.8. The van der Waals surface area contributed by atoms with Crippen LogP contribution in [0.3, 0.4) is 0 Å². The molecule has 0 aliphatic carbocycles. The average Bonchev–Trinajstić information content (AvgIpc) is 3.35. The number of hydrogen-bond donors (Lipinski definition) is 1. The second kappa shape index (κ2) is 9.67. The molecule has 0 fully saturated rings. The fraction of sp³-hybridized carbons (Fsp3) is 0.261. The zero-order chi connectivity index (χ0) is 22.4. The predicted molar refractivity (Wildman–Crippen MR) is 113 cm³/mol. The Morgan fingerprint density at radius 3 is 2.71 bits per heavy atom. The number of esters is 1. The lowest BCUT2D eigenvalue weighted by molar-refractivity contribution is -0.146. The highest BCUT2D eigenvalue weighted by molar-refractivity contribution is 5.93. The van der Waals surface area contributed by atoms with E-state index in [1.54, 1.807) is 48.3 Å². The number of nitrogens with one attached hydrogen (secondary N) is 1. The number of carbonyl (C=O) groups is 2. The molecule has 1 aromatic carbocycles. The lowest BCUT2D eigenvalue weighted by atomic mass is 10.1. The van der Waals surface area contributed by atoms with Gasteiger partial charge in [-0.1, -0.05) is 12.1 Å². The standard InChI is InChI=1S/C23H23N3O5/c1-15-16(2)26(13-19-8-5-9-30-19)23(20(15)12-24)25-21(27)14-31-22(28)11-17-6-4-7-18(10-17)29-3/h4-10H,11,13-14H2,1-3H3,(H,25,27). The second-order valence-corrected chi connectivity index (χ2v) is 6.95. The maximum atomic E-state index is 12.5. The van der Waals surface area contributed by atoms with E-state index in [0.29, 0.717) is 29.4 Å². The van der Waals surface area contributed by atoms with E-state index in [-0.39, 0.29) is 6.42 Å². The highest BCUT2D eigenvalue weighted by atomic mass is 16.5. The van der Waals surface area contributed by atoms with E-state index >= 15 is 0 Å². The summed E-state index contributed by atoms with van der Waals surface area (Å²) in [6.07, 6.45) is 1.58. The van der Waals surface area contributed by atoms with Crippen molar-refractivity contribution in [2.24, 2.45) is 0 Å². The van der Waals surface area contributed by atoms with E-state index in [0.717, 1.165) is 16.8 Å². The van der Waals surface area contributed by atoms with Gasteiger partial charge in [0.15, 0.2) is 6.61 Å². The summed E-state index contributed by atoms with van der Waals surface area (Å²) in [5, 5.41) is 12.3. The van der Waals surface area contributed by atoms with Gasteiger partial charge in [-0.3, -0.25) is 9.59 Å². The first kappa shape index (κ1) is 21.7. The van der Waals surface area contributed by atoms with Crippen molar-refractivity contribution in [3.8, 4) is 11.8 Å². The number of amides is 1. The number of nitrogens with zero attached hydrogens (tertiary/aromatic N) is 2. The van der Waals surface area contributed by atoms with Gasteiger partial charge in [0.25, 0.3) is 5.91 Å². The number of benzene rings is 1. The zero-order valence-corrected chi connectivity index (χ0v) is 17.6. The third-order valence-electron chi connectivity index (χ3n) is 4.94. The lowest BCUT2D eigenvalue weighted by Crippen LogP contribution is -2.23. The first-order valence-corrected chi connectivity index (χ1v) is 9.63. The van der Waals surface area contributed by atoms with Crippen molar-refractivity contribution in [1.82, 2.24) is 4.57 Å². The van der Waals surface area contributed by atoms with E-state index in [9.17, 15) is 14.9 Å². The molecular weight excluding hydrogens is 398 g/mol. The Hall–Kier alpha value is -3.99. The molecule has 3 rings (SSSR count). The highest BCUT2D eigenvalue weighted by Gasteiger charge is 2.21. The van der Waals surface area contributed by atoms with E-state index < -0.39 is 18.5 Å². The Kier molecular flexibility index (Phi) is 6.78. The Balaban J connectivity index is 1.66. The fourth-order valence-corrected chi connectivity index (χ4v) is 3.20. The third-order valence-corrected chi connectivity index (χ3v) is 4.94. The Morgan fingerprint density at radius 2 is 2.03 bits per heavy atom. The summed E-state index contributed by atoms with van der Waals surface area (Å²) in [4.78, 5) is 24.6. The van der Waals surface area contributed by atoms with Gasteiger partial charge in [-0.05, 0) is 49.2 Å². The van der Waals surface area contributed by atoms with Crippen LogP contribution >= 0.6 is 0 Å². The van der Waals surface area contributed by atoms with Gasteiger partial charge in [0.05, 0.1) is 31.9 Å². The van der Waals surface area contributed by atoms with Gasteiger partial charge in [-0.25, -0.2) is 0 Å². The molecule has 1 amide bonds. The summed E-state index contributed by atoms with van der Waals surface area (Å²) in [6.45, 7) is 3.57. The Bertz CT molecular complexity index is 1120. The minimum absolute atomic E-state index is 0.0149. The van der Waals surface area contributed by atoms with Crippen molar-refractivity contribution in [3.05, 3.63) is 70.8 Å². The van der Waals surface area contributed by atoms with Crippen LogP contribution < -0.4 is 10.1 Å². The smallest absolute Gasteiger partial charge is 0.310 e. The molecule has 0 aliphatic rings. The number of furan rings is 1. The minimum atomic E-state index is -0.540. The molecular formula is C23H23N3O5. The van der Waals surface area contributed by atoms with Gasteiger partial charge in [0.1, 0.15) is 23.4 Å². The van der Waals surface area contributed by atoms with Crippen molar-refractivity contribution < 1.29 is 23.5 Å². The second-order valence-electron chi connectivity index (χ2n) is 6.95. The molecule has 2 heterocycles. The molecule has 31 heavy (non-hydrogen) atoms. The Morgan fingerprint density at radius 1 is 1.23 bits per heavy atom. The fourth-order valence-electron chi connectivity index (χ4n) is 3.20. The lowest BCUT2D eigenvalue weighted by Gasteiger charge is -2.12. The number of hydrogen-bond acceptors (Lipinski definition) is 6. The topological polar surface area (TPSA) is 106 Å². The van der Waals surface area contributed by atoms with Gasteiger partial charge in [0.2, 0.25) is 0 Å². The SMILES string of the molecule is COc1cccc(CC(=O)OCC(=O)Nc2c(C#N)c(C)c(C)n2Cc2ccco2)c1. The molecule has 8 heteroatoms. The van der Waals surface area contributed by atoms with E-state index in [1.165, 1.54) is 0 Å². The van der Waals surface area contributed by atoms with Crippen molar-refractivity contribution in [2.75, 3.05) is 19.0 Å². The number of methoxy groups -OCH3 is 1. The van der Waals surface area contributed by atoms with Crippen LogP contribution in [0, 0.1) is 25.2 Å². The molecule has 0 radical (unpaired) electrons. The van der Waals surface area contributed by atoms with Crippen molar-refractivity contribution in [3.63, 3.8) is 0 Å². The number of aromatic nitrogens is 1. The van der Waals surface area contributed by atoms with Gasteiger partial charge in [-0.15, -0.1) is 0 Å². The maximum Gasteiger partial charge on any atom is 0.310 e. The maximum absolute atomic E-state index is 12.5. The quantitative estimate of drug-likeness (QED) is 0.559. The van der Waals surface area contributed by atoms with E-state index in [1.807, 2.05) is 19.9 Å². The van der Waals surface area contributed by atoms with Crippen LogP contribution in [0.2, 0.25) is 0 Å². The largest absolute Gasteiger partial charge is 0.497 e. The third kappa shape index (κ3) is 5.14. The van der Waals surface area contributed by atoms with Crippen LogP contribution in [0.1, 0.15) is 28.1 Å². The number of nitriles is 1. The van der Waals surface area contributed by atoms with Gasteiger partial charge < -0.3 is 23.8 Å². The molecule has 8 nitrogen and oxygen atoms in total. The molecule has 3 aromatic rings. The number of rotatable bonds is 8. The molecule has 0 spiro atoms. The van der Waals surface area contributed by atoms with Crippen molar-refractivity contribution in [1.29, 1.82) is 5.26 Å². The molecule has 0 saturated heterocycles. The van der Waals surface area contributed by atoms with E-state index in [4.69, 9.17) is 13.9 Å². The van der Waals surface area contributed by atoms with Crippen LogP contribution in [0.5, 0.6) is 5.75 Å². The normalized spacial score (nSPS) is 10.4. The predicted octanol–water partition coefficient (Wildman–Crippen LogP) is 3.35. The summed E-state index contributed by atoms with van der Waals surface area (Å²) < 4.78 is 17.4. The van der Waals surface area contributed by atoms with Gasteiger partial charge >= 0.3 is 5.97 Å². The van der Waals surface area contributed by atoms with Crippen LogP contribution in [0.15, 0.2) is 47.1 Å². The molecule has 0 aliphatic heterocycles. The summed E-state index contributed by atoms with van der Waals surface area (Å²) >= 11 is 0. The molecule has 1 N–H and O–H groups in total. The summed E-state index contributed by atoms with van der Waals surface area (Å²) in [5.41, 5.74) is 2.67. The van der Waals surface area contributed by atoms with Gasteiger partial charge in [-0.2, -0.15) is 5.26 Å². The van der Waals surface area contributed by atoms with Gasteiger partial charge in [0, 0.05) is 5.69 Å². The summed E-state index contributed by atoms with van der Waals surface area (Å²) in [7, 11) is 1.54. The van der Waals surface area contributed by atoms with Crippen LogP contribution in [-0.4, -0.2) is 30.2 Å². The minimum Gasteiger partial charge on any atom is -0.497 e. The van der Waals surface area contributed by atoms with E-state index in [2.05, 4.69) is 11.4 Å². The van der Waals surface area contributed by atoms with Crippen molar-refractivity contribution >= 4 is 17.7 Å². The van der Waals surface area contributed by atoms with Crippen LogP contribution in [0.4, 0.5) is 5.82 Å². The molecule has 0 bridgehead atoms. The highest BCUT2D eigenvalue weighted by Crippen LogP contribution is 2.27.